The Morgan fingerprint density at radius 2 is 2.06 bits per heavy atom. The van der Waals surface area contributed by atoms with Gasteiger partial charge >= 0.3 is 5.97 Å². The first-order valence-corrected chi connectivity index (χ1v) is 5.88. The minimum Gasteiger partial charge on any atom is -0.478 e. The summed E-state index contributed by atoms with van der Waals surface area (Å²) in [5.41, 5.74) is -0.356. The molecule has 0 aliphatic heterocycles. The number of nitrogens with zero attached hydrogens (tertiary/aromatic N) is 2. The fraction of sp³-hybridized carbons (Fsp3) is 0. The number of H-pyrrole nitrogens is 1. The molecule has 0 spiro atoms. The van der Waals surface area contributed by atoms with Crippen molar-refractivity contribution in [2.45, 2.75) is 10.2 Å². The third-order valence-electron chi connectivity index (χ3n) is 1.93. The van der Waals surface area contributed by atoms with Crippen molar-refractivity contribution in [1.82, 2.24) is 15.0 Å². The second kappa shape index (κ2) is 5.19. The van der Waals surface area contributed by atoms with Gasteiger partial charge < -0.3 is 10.1 Å². The van der Waals surface area contributed by atoms with Crippen molar-refractivity contribution in [2.24, 2.45) is 0 Å². The highest BCUT2D eigenvalue weighted by Gasteiger charge is 2.14. The second-order valence-corrected chi connectivity index (χ2v) is 4.48. The van der Waals surface area contributed by atoms with Crippen LogP contribution in [0.15, 0.2) is 39.5 Å². The van der Waals surface area contributed by atoms with E-state index in [0.717, 1.165) is 11.8 Å². The summed E-state index contributed by atoms with van der Waals surface area (Å²) in [6.45, 7) is 0. The highest BCUT2D eigenvalue weighted by Crippen LogP contribution is 2.30. The molecule has 2 N–H and O–H groups in total. The van der Waals surface area contributed by atoms with Crippen LogP contribution in [0.5, 0.6) is 0 Å². The predicted molar refractivity (Wildman–Crippen MR) is 65.2 cm³/mol. The fourth-order valence-electron chi connectivity index (χ4n) is 1.16. The van der Waals surface area contributed by atoms with Gasteiger partial charge in [-0.3, -0.25) is 4.79 Å². The SMILES string of the molecule is O=C(O)c1ccnc(Sc2nccc(=O)[nH]2)c1Cl. The van der Waals surface area contributed by atoms with E-state index >= 15 is 0 Å². The van der Waals surface area contributed by atoms with Crippen molar-refractivity contribution in [3.8, 4) is 0 Å². The Balaban J connectivity index is 2.38. The van der Waals surface area contributed by atoms with Crippen LogP contribution in [0.25, 0.3) is 0 Å². The first kappa shape index (κ1) is 12.6. The molecule has 0 fully saturated rings. The zero-order chi connectivity index (χ0) is 13.1. The maximum Gasteiger partial charge on any atom is 0.337 e. The molecule has 0 radical (unpaired) electrons. The Bertz CT molecular complexity index is 659. The summed E-state index contributed by atoms with van der Waals surface area (Å²) in [6, 6.07) is 2.57. The number of hydrogen-bond acceptors (Lipinski definition) is 5. The summed E-state index contributed by atoms with van der Waals surface area (Å²) in [6.07, 6.45) is 2.68. The topological polar surface area (TPSA) is 95.9 Å². The second-order valence-electron chi connectivity index (χ2n) is 3.12. The average Bonchev–Trinajstić information content (AvgIpc) is 2.31. The van der Waals surface area contributed by atoms with Crippen molar-refractivity contribution in [1.29, 1.82) is 0 Å². The summed E-state index contributed by atoms with van der Waals surface area (Å²) in [4.78, 5) is 32.3. The molecule has 2 rings (SSSR count). The zero-order valence-corrected chi connectivity index (χ0v) is 10.3. The number of rotatable bonds is 3. The average molecular weight is 284 g/mol. The van der Waals surface area contributed by atoms with Gasteiger partial charge in [0.1, 0.15) is 5.03 Å². The first-order valence-electron chi connectivity index (χ1n) is 4.69. The van der Waals surface area contributed by atoms with Crippen LogP contribution in [-0.4, -0.2) is 26.0 Å². The summed E-state index contributed by atoms with van der Waals surface area (Å²) >= 11 is 6.90. The van der Waals surface area contributed by atoms with Crippen molar-refractivity contribution >= 4 is 29.3 Å². The molecule has 6 nitrogen and oxygen atoms in total. The summed E-state index contributed by atoms with van der Waals surface area (Å²) < 4.78 is 0. The molecule has 2 aromatic rings. The number of aromatic nitrogens is 3. The van der Waals surface area contributed by atoms with E-state index in [1.54, 1.807) is 0 Å². The molecule has 0 bridgehead atoms. The number of hydrogen-bond donors (Lipinski definition) is 2. The van der Waals surface area contributed by atoms with Gasteiger partial charge in [0.05, 0.1) is 10.6 Å². The summed E-state index contributed by atoms with van der Waals surface area (Å²) in [7, 11) is 0. The Labute approximate surface area is 110 Å². The molecule has 0 atom stereocenters. The molecule has 2 aromatic heterocycles. The number of carbonyl (C=O) groups is 1. The summed E-state index contributed by atoms with van der Waals surface area (Å²) in [5.74, 6) is -1.14. The van der Waals surface area contributed by atoms with E-state index in [9.17, 15) is 9.59 Å². The lowest BCUT2D eigenvalue weighted by atomic mass is 10.3. The Morgan fingerprint density at radius 1 is 1.33 bits per heavy atom. The van der Waals surface area contributed by atoms with Crippen LogP contribution < -0.4 is 5.56 Å². The highest BCUT2D eigenvalue weighted by molar-refractivity contribution is 7.99. The van der Waals surface area contributed by atoms with E-state index in [1.165, 1.54) is 24.5 Å². The van der Waals surface area contributed by atoms with Gasteiger partial charge in [0.2, 0.25) is 0 Å². The van der Waals surface area contributed by atoms with Gasteiger partial charge in [0.15, 0.2) is 5.16 Å². The van der Waals surface area contributed by atoms with Crippen LogP contribution in [0.1, 0.15) is 10.4 Å². The quantitative estimate of drug-likeness (QED) is 0.832. The van der Waals surface area contributed by atoms with Crippen LogP contribution in [0.2, 0.25) is 5.02 Å². The van der Waals surface area contributed by atoms with E-state index in [2.05, 4.69) is 15.0 Å². The maximum atomic E-state index is 11.1. The van der Waals surface area contributed by atoms with Gasteiger partial charge in [0.25, 0.3) is 5.56 Å². The van der Waals surface area contributed by atoms with Gasteiger partial charge in [-0.2, -0.15) is 0 Å². The van der Waals surface area contributed by atoms with E-state index in [0.29, 0.717) is 5.16 Å². The molecule has 18 heavy (non-hydrogen) atoms. The molecule has 0 amide bonds. The molecule has 8 heteroatoms. The van der Waals surface area contributed by atoms with Crippen molar-refractivity contribution in [3.05, 3.63) is 45.5 Å². The van der Waals surface area contributed by atoms with E-state index < -0.39 is 5.97 Å². The minimum absolute atomic E-state index is 0.0153. The van der Waals surface area contributed by atoms with Crippen molar-refractivity contribution < 1.29 is 9.90 Å². The molecule has 0 aliphatic carbocycles. The molecule has 92 valence electrons. The van der Waals surface area contributed by atoms with Crippen LogP contribution in [0, 0.1) is 0 Å². The summed E-state index contributed by atoms with van der Waals surface area (Å²) in [5, 5.41) is 9.48. The molecule has 2 heterocycles. The first-order chi connectivity index (χ1) is 8.58. The molecule has 0 unspecified atom stereocenters. The normalized spacial score (nSPS) is 10.3. The third kappa shape index (κ3) is 2.69. The van der Waals surface area contributed by atoms with Gasteiger partial charge in [-0.05, 0) is 17.8 Å². The van der Waals surface area contributed by atoms with Crippen molar-refractivity contribution in [3.63, 3.8) is 0 Å². The lowest BCUT2D eigenvalue weighted by Gasteiger charge is -2.04. The Kier molecular flexibility index (Phi) is 3.63. The Hall–Kier alpha value is -1.86. The van der Waals surface area contributed by atoms with Crippen LogP contribution in [-0.2, 0) is 0 Å². The molecule has 0 saturated carbocycles. The van der Waals surface area contributed by atoms with Gasteiger partial charge in [0, 0.05) is 18.5 Å². The lowest BCUT2D eigenvalue weighted by molar-refractivity contribution is 0.0696. The number of carboxylic acid groups (broad SMARTS) is 1. The number of nitrogens with one attached hydrogen (secondary N) is 1. The zero-order valence-electron chi connectivity index (χ0n) is 8.75. The van der Waals surface area contributed by atoms with E-state index in [1.807, 2.05) is 0 Å². The molecular weight excluding hydrogens is 278 g/mol. The van der Waals surface area contributed by atoms with Crippen LogP contribution in [0.4, 0.5) is 0 Å². The fourth-order valence-corrected chi connectivity index (χ4v) is 2.23. The molecular formula is C10H6ClN3O3S. The van der Waals surface area contributed by atoms with Crippen molar-refractivity contribution in [2.75, 3.05) is 0 Å². The Morgan fingerprint density at radius 3 is 2.72 bits per heavy atom. The smallest absolute Gasteiger partial charge is 0.337 e. The van der Waals surface area contributed by atoms with Crippen LogP contribution in [0.3, 0.4) is 0 Å². The molecule has 0 aliphatic rings. The van der Waals surface area contributed by atoms with E-state index in [4.69, 9.17) is 16.7 Å². The van der Waals surface area contributed by atoms with Gasteiger partial charge in [-0.1, -0.05) is 11.6 Å². The third-order valence-corrected chi connectivity index (χ3v) is 3.33. The van der Waals surface area contributed by atoms with Gasteiger partial charge in [-0.25, -0.2) is 14.8 Å². The van der Waals surface area contributed by atoms with E-state index in [-0.39, 0.29) is 21.2 Å². The maximum absolute atomic E-state index is 11.1. The number of pyridine rings is 1. The molecule has 0 aromatic carbocycles. The number of halogens is 1. The number of aromatic carboxylic acids is 1. The van der Waals surface area contributed by atoms with Gasteiger partial charge in [-0.15, -0.1) is 0 Å². The minimum atomic E-state index is -1.14. The largest absolute Gasteiger partial charge is 0.478 e. The number of carboxylic acids is 1. The standard InChI is InChI=1S/C10H6ClN3O3S/c11-7-5(9(16)17)1-3-12-8(7)18-10-13-4-2-6(15)14-10/h1-4H,(H,16,17)(H,13,14,15). The predicted octanol–water partition coefficient (Wildman–Crippen LogP) is 1.67. The van der Waals surface area contributed by atoms with Crippen LogP contribution >= 0.6 is 23.4 Å². The lowest BCUT2D eigenvalue weighted by Crippen LogP contribution is -2.05. The monoisotopic (exact) mass is 283 g/mol. The molecule has 0 saturated heterocycles. The highest BCUT2D eigenvalue weighted by atomic mass is 35.5. The number of aromatic amines is 1.